The van der Waals surface area contributed by atoms with Crippen molar-refractivity contribution in [2.45, 2.75) is 12.6 Å². The van der Waals surface area contributed by atoms with Crippen LogP contribution in [0.3, 0.4) is 0 Å². The van der Waals surface area contributed by atoms with Crippen LogP contribution in [-0.4, -0.2) is 33.8 Å². The molecule has 0 spiro atoms. The molecule has 0 saturated carbocycles. The zero-order chi connectivity index (χ0) is 22.8. The van der Waals surface area contributed by atoms with Gasteiger partial charge in [-0.15, -0.1) is 0 Å². The van der Waals surface area contributed by atoms with Gasteiger partial charge in [0.05, 0.1) is 18.7 Å². The van der Waals surface area contributed by atoms with Gasteiger partial charge in [-0.25, -0.2) is 4.39 Å². The predicted molar refractivity (Wildman–Crippen MR) is 119 cm³/mol. The first-order valence-electron chi connectivity index (χ1n) is 9.67. The number of ether oxygens (including phenoxy) is 1. The summed E-state index contributed by atoms with van der Waals surface area (Å²) in [6, 6.07) is 13.6. The first kappa shape index (κ1) is 21.7. The molecular formula is C24H18BrFN2O4. The molecule has 0 aliphatic carbocycles. The van der Waals surface area contributed by atoms with Gasteiger partial charge in [-0.1, -0.05) is 34.1 Å². The predicted octanol–water partition coefficient (Wildman–Crippen LogP) is 4.61. The van der Waals surface area contributed by atoms with E-state index in [0.29, 0.717) is 5.56 Å². The number of pyridine rings is 1. The number of benzene rings is 2. The molecule has 162 valence electrons. The van der Waals surface area contributed by atoms with Crippen molar-refractivity contribution in [1.29, 1.82) is 0 Å². The zero-order valence-electron chi connectivity index (χ0n) is 17.0. The van der Waals surface area contributed by atoms with E-state index in [4.69, 9.17) is 4.74 Å². The Labute approximate surface area is 192 Å². The van der Waals surface area contributed by atoms with Gasteiger partial charge >= 0.3 is 0 Å². The first-order valence-corrected chi connectivity index (χ1v) is 10.5. The summed E-state index contributed by atoms with van der Waals surface area (Å²) in [6.45, 7) is 0.118. The van der Waals surface area contributed by atoms with E-state index in [1.807, 2.05) is 0 Å². The van der Waals surface area contributed by atoms with Crippen molar-refractivity contribution in [3.63, 3.8) is 0 Å². The van der Waals surface area contributed by atoms with E-state index < -0.39 is 29.3 Å². The molecule has 8 heteroatoms. The Kier molecular flexibility index (Phi) is 6.05. The molecule has 6 nitrogen and oxygen atoms in total. The van der Waals surface area contributed by atoms with Crippen molar-refractivity contribution < 1.29 is 23.8 Å². The molecule has 32 heavy (non-hydrogen) atoms. The summed E-state index contributed by atoms with van der Waals surface area (Å²) in [6.07, 6.45) is 3.22. The number of Topliss-reactive ketones (excluding diaryl/α,β-unsaturated/α-hetero) is 1. The lowest BCUT2D eigenvalue weighted by atomic mass is 9.95. The molecule has 1 atom stereocenters. The number of hydrogen-bond acceptors (Lipinski definition) is 5. The number of aromatic nitrogens is 1. The normalized spacial score (nSPS) is 17.6. The van der Waals surface area contributed by atoms with Gasteiger partial charge in [-0.3, -0.25) is 14.6 Å². The Hall–Kier alpha value is -3.52. The highest BCUT2D eigenvalue weighted by Crippen LogP contribution is 2.40. The average Bonchev–Trinajstić information content (AvgIpc) is 3.04. The van der Waals surface area contributed by atoms with Gasteiger partial charge in [0.1, 0.15) is 5.76 Å². The molecule has 1 N–H and O–H groups in total. The summed E-state index contributed by atoms with van der Waals surface area (Å²) in [5.74, 6) is -2.73. The van der Waals surface area contributed by atoms with Crippen molar-refractivity contribution >= 4 is 33.4 Å². The minimum absolute atomic E-state index is 0.00281. The molecule has 1 saturated heterocycles. The van der Waals surface area contributed by atoms with Gasteiger partial charge in [0.25, 0.3) is 11.7 Å². The van der Waals surface area contributed by atoms with E-state index in [1.54, 1.807) is 48.8 Å². The molecule has 1 aliphatic heterocycles. The van der Waals surface area contributed by atoms with Crippen LogP contribution in [0.2, 0.25) is 0 Å². The van der Waals surface area contributed by atoms with Gasteiger partial charge in [0.2, 0.25) is 0 Å². The Bertz CT molecular complexity index is 1210. The van der Waals surface area contributed by atoms with Crippen LogP contribution in [0.4, 0.5) is 4.39 Å². The topological polar surface area (TPSA) is 79.7 Å². The monoisotopic (exact) mass is 496 g/mol. The fourth-order valence-corrected chi connectivity index (χ4v) is 3.96. The third kappa shape index (κ3) is 4.01. The number of amides is 1. The van der Waals surface area contributed by atoms with Crippen molar-refractivity contribution in [2.75, 3.05) is 7.11 Å². The zero-order valence-corrected chi connectivity index (χ0v) is 18.5. The van der Waals surface area contributed by atoms with Crippen molar-refractivity contribution in [2.24, 2.45) is 0 Å². The second-order valence-electron chi connectivity index (χ2n) is 7.19. The van der Waals surface area contributed by atoms with E-state index in [0.717, 1.165) is 16.1 Å². The number of likely N-dealkylation sites (tertiary alicyclic amines) is 1. The summed E-state index contributed by atoms with van der Waals surface area (Å²) >= 11 is 3.38. The number of hydrogen-bond donors (Lipinski definition) is 1. The first-order chi connectivity index (χ1) is 15.4. The molecule has 1 amide bonds. The lowest BCUT2D eigenvalue weighted by molar-refractivity contribution is -0.140. The highest BCUT2D eigenvalue weighted by Gasteiger charge is 2.46. The number of nitrogens with zero attached hydrogens (tertiary/aromatic N) is 2. The number of halogens is 2. The largest absolute Gasteiger partial charge is 0.507 e. The van der Waals surface area contributed by atoms with Crippen LogP contribution in [0, 0.1) is 5.82 Å². The van der Waals surface area contributed by atoms with Gasteiger partial charge in [0.15, 0.2) is 11.6 Å². The molecule has 1 aromatic heterocycles. The van der Waals surface area contributed by atoms with Crippen LogP contribution < -0.4 is 4.74 Å². The lowest BCUT2D eigenvalue weighted by Gasteiger charge is -2.25. The van der Waals surface area contributed by atoms with E-state index in [2.05, 4.69) is 20.9 Å². The van der Waals surface area contributed by atoms with Crippen molar-refractivity contribution in [3.8, 4) is 5.75 Å². The number of methoxy groups -OCH3 is 1. The summed E-state index contributed by atoms with van der Waals surface area (Å²) < 4.78 is 20.0. The van der Waals surface area contributed by atoms with Gasteiger partial charge < -0.3 is 14.7 Å². The van der Waals surface area contributed by atoms with E-state index in [1.165, 1.54) is 24.1 Å². The second-order valence-corrected chi connectivity index (χ2v) is 8.10. The quantitative estimate of drug-likeness (QED) is 0.317. The highest BCUT2D eigenvalue weighted by atomic mass is 79.9. The minimum Gasteiger partial charge on any atom is -0.507 e. The molecule has 2 heterocycles. The van der Waals surface area contributed by atoms with Crippen LogP contribution in [0.5, 0.6) is 5.75 Å². The number of aliphatic hydroxyl groups excluding tert-OH is 1. The average molecular weight is 497 g/mol. The van der Waals surface area contributed by atoms with E-state index in [-0.39, 0.29) is 23.4 Å². The third-order valence-electron chi connectivity index (χ3n) is 5.23. The number of aliphatic hydroxyl groups is 1. The van der Waals surface area contributed by atoms with Gasteiger partial charge in [0, 0.05) is 29.0 Å². The Morgan fingerprint density at radius 1 is 1.19 bits per heavy atom. The molecule has 0 bridgehead atoms. The van der Waals surface area contributed by atoms with Crippen LogP contribution in [0.15, 0.2) is 77.0 Å². The maximum atomic E-state index is 14.3. The summed E-state index contributed by atoms with van der Waals surface area (Å²) in [4.78, 5) is 31.5. The van der Waals surface area contributed by atoms with E-state index >= 15 is 0 Å². The maximum absolute atomic E-state index is 14.3. The standard InChI is InChI=1S/C24H18BrFN2O4/c1-32-19-9-6-16(11-18(19)26)22(29)20-21(15-4-7-17(25)8-5-15)28(24(31)23(20)30)13-14-3-2-10-27-12-14/h2-12,21,29H,13H2,1H3/b22-20+. The van der Waals surface area contributed by atoms with E-state index in [9.17, 15) is 19.1 Å². The molecule has 1 aliphatic rings. The molecule has 3 aromatic rings. The van der Waals surface area contributed by atoms with Crippen LogP contribution in [0.25, 0.3) is 5.76 Å². The molecule has 1 unspecified atom stereocenters. The number of carbonyl (C=O) groups is 2. The Balaban J connectivity index is 1.86. The number of ketones is 1. The van der Waals surface area contributed by atoms with Gasteiger partial charge in [-0.2, -0.15) is 0 Å². The molecule has 0 radical (unpaired) electrons. The summed E-state index contributed by atoms with van der Waals surface area (Å²) in [5.41, 5.74) is 1.33. The summed E-state index contributed by atoms with van der Waals surface area (Å²) in [7, 11) is 1.33. The second kappa shape index (κ2) is 8.92. The Morgan fingerprint density at radius 2 is 1.94 bits per heavy atom. The summed E-state index contributed by atoms with van der Waals surface area (Å²) in [5, 5.41) is 11.0. The molecule has 2 aromatic carbocycles. The van der Waals surface area contributed by atoms with Crippen molar-refractivity contribution in [1.82, 2.24) is 9.88 Å². The lowest BCUT2D eigenvalue weighted by Crippen LogP contribution is -2.29. The fourth-order valence-electron chi connectivity index (χ4n) is 3.69. The molecule has 4 rings (SSSR count). The van der Waals surface area contributed by atoms with Crippen LogP contribution in [0.1, 0.15) is 22.7 Å². The third-order valence-corrected chi connectivity index (χ3v) is 5.76. The SMILES string of the molecule is COc1ccc(/C(O)=C2\C(=O)C(=O)N(Cc3cccnc3)C2c2ccc(Br)cc2)cc1F. The molecular weight excluding hydrogens is 479 g/mol. The highest BCUT2D eigenvalue weighted by molar-refractivity contribution is 9.10. The maximum Gasteiger partial charge on any atom is 0.295 e. The number of carbonyl (C=O) groups excluding carboxylic acids is 2. The minimum atomic E-state index is -0.853. The fraction of sp³-hybridized carbons (Fsp3) is 0.125. The van der Waals surface area contributed by atoms with Gasteiger partial charge in [-0.05, 0) is 47.5 Å². The van der Waals surface area contributed by atoms with Crippen LogP contribution >= 0.6 is 15.9 Å². The Morgan fingerprint density at radius 3 is 2.56 bits per heavy atom. The van der Waals surface area contributed by atoms with Crippen molar-refractivity contribution in [3.05, 3.63) is 99.5 Å². The smallest absolute Gasteiger partial charge is 0.295 e. The van der Waals surface area contributed by atoms with Crippen LogP contribution in [-0.2, 0) is 16.1 Å². The number of rotatable bonds is 5. The molecule has 1 fully saturated rings.